The summed E-state index contributed by atoms with van der Waals surface area (Å²) in [5.41, 5.74) is 3.17. The minimum Gasteiger partial charge on any atom is -0.207 e. The van der Waals surface area contributed by atoms with Gasteiger partial charge >= 0.3 is 0 Å². The molecule has 0 aliphatic heterocycles. The van der Waals surface area contributed by atoms with Gasteiger partial charge in [-0.05, 0) is 90.8 Å². The number of rotatable bonds is 5. The van der Waals surface area contributed by atoms with Gasteiger partial charge in [0.15, 0.2) is 0 Å². The van der Waals surface area contributed by atoms with Crippen LogP contribution in [0.3, 0.4) is 0 Å². The molecule has 4 rings (SSSR count). The van der Waals surface area contributed by atoms with Gasteiger partial charge in [0.1, 0.15) is 17.5 Å². The summed E-state index contributed by atoms with van der Waals surface area (Å²) in [5, 5.41) is 0. The van der Waals surface area contributed by atoms with E-state index in [2.05, 4.69) is 0 Å². The molecular weight excluding hydrogens is 381 g/mol. The fraction of sp³-hybridized carbons (Fsp3) is 0.333. The third-order valence-corrected chi connectivity index (χ3v) is 6.58. The van der Waals surface area contributed by atoms with Gasteiger partial charge in [0.25, 0.3) is 0 Å². The summed E-state index contributed by atoms with van der Waals surface area (Å²) in [6.07, 6.45) is 4.03. The van der Waals surface area contributed by atoms with E-state index < -0.39 is 11.6 Å². The number of halogens is 3. The molecule has 30 heavy (non-hydrogen) atoms. The zero-order valence-corrected chi connectivity index (χ0v) is 17.3. The van der Waals surface area contributed by atoms with Gasteiger partial charge in [0.05, 0.1) is 0 Å². The average Bonchev–Trinajstić information content (AvgIpc) is 2.77. The Bertz CT molecular complexity index is 948. The third kappa shape index (κ3) is 4.61. The molecule has 0 amide bonds. The lowest BCUT2D eigenvalue weighted by molar-refractivity contribution is 0.393. The molecule has 1 saturated carbocycles. The summed E-state index contributed by atoms with van der Waals surface area (Å²) >= 11 is 0. The molecule has 0 nitrogen and oxygen atoms in total. The molecule has 0 spiro atoms. The highest BCUT2D eigenvalue weighted by atomic mass is 19.1. The van der Waals surface area contributed by atoms with Gasteiger partial charge in [-0.3, -0.25) is 0 Å². The first-order valence-corrected chi connectivity index (χ1v) is 10.8. The molecular formula is C27H27F3. The maximum atomic E-state index is 14.8. The summed E-state index contributed by atoms with van der Waals surface area (Å²) in [5.74, 6) is -0.483. The standard InChI is InChI=1S/C27H27F3/c1-18(19-5-3-2-4-6-19)15-25-26(29)16-23(17-27(25)30)22-9-7-20(8-10-22)21-11-13-24(28)14-12-21/h2-6,11-14,16-18,20,22H,7-10,15H2,1H3. The lowest BCUT2D eigenvalue weighted by Crippen LogP contribution is -2.13. The highest BCUT2D eigenvalue weighted by Gasteiger charge is 2.25. The Morgan fingerprint density at radius 1 is 0.733 bits per heavy atom. The van der Waals surface area contributed by atoms with E-state index in [9.17, 15) is 13.2 Å². The van der Waals surface area contributed by atoms with Crippen molar-refractivity contribution in [2.45, 2.75) is 56.8 Å². The largest absolute Gasteiger partial charge is 0.207 e. The van der Waals surface area contributed by atoms with Gasteiger partial charge in [-0.2, -0.15) is 0 Å². The molecule has 3 aromatic rings. The van der Waals surface area contributed by atoms with Crippen LogP contribution in [0.2, 0.25) is 0 Å². The van der Waals surface area contributed by atoms with Crippen LogP contribution in [-0.4, -0.2) is 0 Å². The van der Waals surface area contributed by atoms with Crippen LogP contribution in [0, 0.1) is 17.5 Å². The molecule has 0 heterocycles. The van der Waals surface area contributed by atoms with E-state index in [-0.39, 0.29) is 23.2 Å². The summed E-state index contributed by atoms with van der Waals surface area (Å²) in [6, 6.07) is 19.6. The second-order valence-electron chi connectivity index (χ2n) is 8.58. The number of hydrogen-bond donors (Lipinski definition) is 0. The van der Waals surface area contributed by atoms with Gasteiger partial charge < -0.3 is 0 Å². The summed E-state index contributed by atoms with van der Waals surface area (Å²) in [4.78, 5) is 0. The summed E-state index contributed by atoms with van der Waals surface area (Å²) in [6.45, 7) is 2.00. The highest BCUT2D eigenvalue weighted by Crippen LogP contribution is 2.41. The van der Waals surface area contributed by atoms with E-state index in [1.165, 1.54) is 12.1 Å². The van der Waals surface area contributed by atoms with E-state index in [1.807, 2.05) is 49.4 Å². The first kappa shape index (κ1) is 20.7. The smallest absolute Gasteiger partial charge is 0.129 e. The molecule has 156 valence electrons. The highest BCUT2D eigenvalue weighted by molar-refractivity contribution is 5.32. The minimum absolute atomic E-state index is 0.0483. The summed E-state index contributed by atoms with van der Waals surface area (Å²) in [7, 11) is 0. The number of hydrogen-bond acceptors (Lipinski definition) is 0. The maximum Gasteiger partial charge on any atom is 0.129 e. The molecule has 1 atom stereocenters. The van der Waals surface area contributed by atoms with E-state index in [4.69, 9.17) is 0 Å². The van der Waals surface area contributed by atoms with Gasteiger partial charge in [-0.15, -0.1) is 0 Å². The molecule has 1 fully saturated rings. The molecule has 0 N–H and O–H groups in total. The SMILES string of the molecule is CC(Cc1c(F)cc(C2CCC(c3ccc(F)cc3)CC2)cc1F)c1ccccc1. The van der Waals surface area contributed by atoms with Crippen molar-refractivity contribution >= 4 is 0 Å². The van der Waals surface area contributed by atoms with Crippen LogP contribution >= 0.6 is 0 Å². The van der Waals surface area contributed by atoms with Gasteiger partial charge in [-0.25, -0.2) is 13.2 Å². The van der Waals surface area contributed by atoms with Gasteiger partial charge in [0.2, 0.25) is 0 Å². The normalized spacial score (nSPS) is 20.1. The van der Waals surface area contributed by atoms with Crippen molar-refractivity contribution in [1.29, 1.82) is 0 Å². The predicted molar refractivity (Wildman–Crippen MR) is 115 cm³/mol. The van der Waals surface area contributed by atoms with Crippen molar-refractivity contribution in [3.8, 4) is 0 Å². The Morgan fingerprint density at radius 2 is 1.27 bits per heavy atom. The van der Waals surface area contributed by atoms with Crippen LogP contribution in [0.15, 0.2) is 66.7 Å². The van der Waals surface area contributed by atoms with E-state index in [0.29, 0.717) is 12.3 Å². The third-order valence-electron chi connectivity index (χ3n) is 6.58. The van der Waals surface area contributed by atoms with Crippen LogP contribution in [0.5, 0.6) is 0 Å². The Hall–Kier alpha value is -2.55. The van der Waals surface area contributed by atoms with E-state index in [1.54, 1.807) is 12.1 Å². The molecule has 0 bridgehead atoms. The average molecular weight is 409 g/mol. The fourth-order valence-corrected chi connectivity index (χ4v) is 4.75. The van der Waals surface area contributed by atoms with Gasteiger partial charge in [0, 0.05) is 5.56 Å². The fourth-order valence-electron chi connectivity index (χ4n) is 4.75. The zero-order valence-electron chi connectivity index (χ0n) is 17.3. The van der Waals surface area contributed by atoms with Crippen LogP contribution in [-0.2, 0) is 6.42 Å². The zero-order chi connectivity index (χ0) is 21.1. The summed E-state index contributed by atoms with van der Waals surface area (Å²) < 4.78 is 42.8. The molecule has 0 saturated heterocycles. The van der Waals surface area contributed by atoms with Gasteiger partial charge in [-0.1, -0.05) is 49.4 Å². The number of benzene rings is 3. The van der Waals surface area contributed by atoms with Crippen LogP contribution < -0.4 is 0 Å². The van der Waals surface area contributed by atoms with Crippen LogP contribution in [0.1, 0.15) is 72.6 Å². The molecule has 1 aliphatic carbocycles. The monoisotopic (exact) mass is 408 g/mol. The Labute approximate surface area is 176 Å². The lowest BCUT2D eigenvalue weighted by atomic mass is 9.76. The first-order valence-electron chi connectivity index (χ1n) is 10.8. The van der Waals surface area contributed by atoms with E-state index in [0.717, 1.165) is 42.4 Å². The lowest BCUT2D eigenvalue weighted by Gasteiger charge is -2.29. The Kier molecular flexibility index (Phi) is 6.26. The second-order valence-corrected chi connectivity index (χ2v) is 8.58. The van der Waals surface area contributed by atoms with Crippen molar-refractivity contribution in [2.24, 2.45) is 0 Å². The van der Waals surface area contributed by atoms with Crippen molar-refractivity contribution in [1.82, 2.24) is 0 Å². The quantitative estimate of drug-likeness (QED) is 0.403. The van der Waals surface area contributed by atoms with Crippen LogP contribution in [0.25, 0.3) is 0 Å². The Balaban J connectivity index is 1.44. The van der Waals surface area contributed by atoms with Crippen molar-refractivity contribution in [2.75, 3.05) is 0 Å². The first-order chi connectivity index (χ1) is 14.5. The molecule has 0 radical (unpaired) electrons. The van der Waals surface area contributed by atoms with Crippen molar-refractivity contribution in [3.63, 3.8) is 0 Å². The maximum absolute atomic E-state index is 14.8. The molecule has 3 aromatic carbocycles. The Morgan fingerprint density at radius 3 is 1.83 bits per heavy atom. The molecule has 3 heteroatoms. The molecule has 1 aliphatic rings. The predicted octanol–water partition coefficient (Wildman–Crippen LogP) is 7.89. The minimum atomic E-state index is -0.437. The molecule has 0 aromatic heterocycles. The van der Waals surface area contributed by atoms with Crippen LogP contribution in [0.4, 0.5) is 13.2 Å². The van der Waals surface area contributed by atoms with Crippen molar-refractivity contribution < 1.29 is 13.2 Å². The topological polar surface area (TPSA) is 0 Å². The second kappa shape index (κ2) is 9.07. The molecule has 1 unspecified atom stereocenters. The van der Waals surface area contributed by atoms with E-state index >= 15 is 0 Å². The van der Waals surface area contributed by atoms with Crippen molar-refractivity contribution in [3.05, 3.63) is 106 Å².